The van der Waals surface area contributed by atoms with Gasteiger partial charge in [-0.3, -0.25) is 4.98 Å². The van der Waals surface area contributed by atoms with Gasteiger partial charge in [-0.1, -0.05) is 29.3 Å². The summed E-state index contributed by atoms with van der Waals surface area (Å²) in [6.07, 6.45) is 1.77. The summed E-state index contributed by atoms with van der Waals surface area (Å²) in [6, 6.07) is 7.44. The van der Waals surface area contributed by atoms with Crippen LogP contribution in [0, 0.1) is 10.5 Å². The second kappa shape index (κ2) is 4.90. The number of benzene rings is 1. The van der Waals surface area contributed by atoms with Crippen LogP contribution < -0.4 is 0 Å². The maximum atomic E-state index is 6.16. The quantitative estimate of drug-likeness (QED) is 0.652. The fraction of sp³-hybridized carbons (Fsp3) is 0.0833. The zero-order chi connectivity index (χ0) is 11.7. The molecule has 0 fully saturated rings. The van der Waals surface area contributed by atoms with Crippen molar-refractivity contribution < 1.29 is 0 Å². The summed E-state index contributed by atoms with van der Waals surface area (Å²) in [5.74, 6) is 0. The van der Waals surface area contributed by atoms with E-state index in [1.807, 2.05) is 31.2 Å². The van der Waals surface area contributed by atoms with Gasteiger partial charge in [-0.25, -0.2) is 0 Å². The van der Waals surface area contributed by atoms with Crippen molar-refractivity contribution in [2.45, 2.75) is 6.92 Å². The molecule has 4 heteroatoms. The third-order valence-electron chi connectivity index (χ3n) is 2.34. The standard InChI is InChI=1S/C12H8Cl2IN/c1-7-10(15)5-6-16-12(7)11-8(13)3-2-4-9(11)14/h2-6H,1H3. The van der Waals surface area contributed by atoms with E-state index in [0.29, 0.717) is 10.0 Å². The molecule has 0 aliphatic carbocycles. The van der Waals surface area contributed by atoms with Crippen LogP contribution in [0.3, 0.4) is 0 Å². The molecule has 2 aromatic rings. The molecule has 0 aliphatic heterocycles. The number of hydrogen-bond acceptors (Lipinski definition) is 1. The van der Waals surface area contributed by atoms with E-state index in [-0.39, 0.29) is 0 Å². The zero-order valence-corrected chi connectivity index (χ0v) is 12.1. The average Bonchev–Trinajstić information content (AvgIpc) is 2.24. The Hall–Kier alpha value is -0.320. The molecular weight excluding hydrogens is 356 g/mol. The molecule has 0 unspecified atom stereocenters. The van der Waals surface area contributed by atoms with Gasteiger partial charge in [0.1, 0.15) is 0 Å². The second-order valence-corrected chi connectivity index (χ2v) is 5.34. The Balaban J connectivity index is 2.73. The number of halogens is 3. The summed E-state index contributed by atoms with van der Waals surface area (Å²) < 4.78 is 1.15. The van der Waals surface area contributed by atoms with Crippen molar-refractivity contribution in [2.24, 2.45) is 0 Å². The van der Waals surface area contributed by atoms with Gasteiger partial charge in [0, 0.05) is 15.3 Å². The van der Waals surface area contributed by atoms with Crippen molar-refractivity contribution in [1.29, 1.82) is 0 Å². The maximum absolute atomic E-state index is 6.16. The number of aromatic nitrogens is 1. The molecule has 1 heterocycles. The number of pyridine rings is 1. The molecule has 1 aromatic carbocycles. The van der Waals surface area contributed by atoms with Gasteiger partial charge < -0.3 is 0 Å². The molecule has 0 spiro atoms. The van der Waals surface area contributed by atoms with Gasteiger partial charge in [-0.2, -0.15) is 0 Å². The van der Waals surface area contributed by atoms with Crippen LogP contribution in [-0.4, -0.2) is 4.98 Å². The van der Waals surface area contributed by atoms with Crippen LogP contribution in [0.15, 0.2) is 30.5 Å². The first-order chi connectivity index (χ1) is 7.61. The van der Waals surface area contributed by atoms with Crippen LogP contribution in [0.5, 0.6) is 0 Å². The number of rotatable bonds is 1. The van der Waals surface area contributed by atoms with Gasteiger partial charge in [0.15, 0.2) is 0 Å². The Morgan fingerprint density at radius 3 is 2.38 bits per heavy atom. The molecule has 0 amide bonds. The molecule has 2 rings (SSSR count). The van der Waals surface area contributed by atoms with Crippen molar-refractivity contribution in [1.82, 2.24) is 4.98 Å². The zero-order valence-electron chi connectivity index (χ0n) is 8.47. The van der Waals surface area contributed by atoms with Gasteiger partial charge in [0.05, 0.1) is 15.7 Å². The number of hydrogen-bond donors (Lipinski definition) is 0. The normalized spacial score (nSPS) is 10.5. The third-order valence-corrected chi connectivity index (χ3v) is 4.14. The smallest absolute Gasteiger partial charge is 0.0771 e. The summed E-state index contributed by atoms with van der Waals surface area (Å²) in [4.78, 5) is 4.36. The topological polar surface area (TPSA) is 12.9 Å². The lowest BCUT2D eigenvalue weighted by Crippen LogP contribution is -1.92. The van der Waals surface area contributed by atoms with Crippen LogP contribution in [0.25, 0.3) is 11.3 Å². The fourth-order valence-corrected chi connectivity index (χ4v) is 2.48. The molecule has 0 saturated heterocycles. The molecule has 0 bridgehead atoms. The molecule has 1 nitrogen and oxygen atoms in total. The molecule has 82 valence electrons. The Morgan fingerprint density at radius 2 is 1.75 bits per heavy atom. The van der Waals surface area contributed by atoms with Crippen LogP contribution >= 0.6 is 45.8 Å². The lowest BCUT2D eigenvalue weighted by molar-refractivity contribution is 1.25. The van der Waals surface area contributed by atoms with E-state index in [1.54, 1.807) is 6.20 Å². The van der Waals surface area contributed by atoms with Crippen LogP contribution in [0.1, 0.15) is 5.56 Å². The lowest BCUT2D eigenvalue weighted by atomic mass is 10.1. The van der Waals surface area contributed by atoms with E-state index < -0.39 is 0 Å². The van der Waals surface area contributed by atoms with E-state index in [0.717, 1.165) is 20.4 Å². The van der Waals surface area contributed by atoms with Gasteiger partial charge in [-0.15, -0.1) is 0 Å². The van der Waals surface area contributed by atoms with Gasteiger partial charge in [0.2, 0.25) is 0 Å². The first kappa shape index (κ1) is 12.1. The summed E-state index contributed by atoms with van der Waals surface area (Å²) in [5.41, 5.74) is 2.75. The van der Waals surface area contributed by atoms with Crippen molar-refractivity contribution >= 4 is 45.8 Å². The SMILES string of the molecule is Cc1c(I)ccnc1-c1c(Cl)cccc1Cl. The third kappa shape index (κ3) is 2.19. The summed E-state index contributed by atoms with van der Waals surface area (Å²) >= 11 is 14.6. The van der Waals surface area contributed by atoms with Crippen molar-refractivity contribution in [3.8, 4) is 11.3 Å². The first-order valence-electron chi connectivity index (χ1n) is 4.66. The number of nitrogens with zero attached hydrogens (tertiary/aromatic N) is 1. The highest BCUT2D eigenvalue weighted by molar-refractivity contribution is 14.1. The molecule has 16 heavy (non-hydrogen) atoms. The van der Waals surface area contributed by atoms with Crippen LogP contribution in [0.4, 0.5) is 0 Å². The highest BCUT2D eigenvalue weighted by Gasteiger charge is 2.13. The summed E-state index contributed by atoms with van der Waals surface area (Å²) in [5, 5.41) is 1.26. The monoisotopic (exact) mass is 363 g/mol. The predicted octanol–water partition coefficient (Wildman–Crippen LogP) is 4.97. The Kier molecular flexibility index (Phi) is 3.72. The van der Waals surface area contributed by atoms with Crippen molar-refractivity contribution in [3.05, 3.63) is 49.6 Å². The molecule has 0 N–H and O–H groups in total. The molecule has 1 aromatic heterocycles. The maximum Gasteiger partial charge on any atom is 0.0771 e. The molecule has 0 saturated carbocycles. The van der Waals surface area contributed by atoms with E-state index in [9.17, 15) is 0 Å². The minimum atomic E-state index is 0.630. The van der Waals surface area contributed by atoms with Gasteiger partial charge in [0.25, 0.3) is 0 Å². The van der Waals surface area contributed by atoms with Crippen LogP contribution in [0.2, 0.25) is 10.0 Å². The Labute approximate surface area is 118 Å². The minimum absolute atomic E-state index is 0.630. The Bertz CT molecular complexity index is 520. The highest BCUT2D eigenvalue weighted by atomic mass is 127. The van der Waals surface area contributed by atoms with E-state index in [1.165, 1.54) is 0 Å². The summed E-state index contributed by atoms with van der Waals surface area (Å²) in [7, 11) is 0. The molecule has 0 radical (unpaired) electrons. The molecule has 0 aliphatic rings. The van der Waals surface area contributed by atoms with E-state index >= 15 is 0 Å². The van der Waals surface area contributed by atoms with Crippen molar-refractivity contribution in [2.75, 3.05) is 0 Å². The Morgan fingerprint density at radius 1 is 1.12 bits per heavy atom. The largest absolute Gasteiger partial charge is 0.256 e. The second-order valence-electron chi connectivity index (χ2n) is 3.36. The average molecular weight is 364 g/mol. The lowest BCUT2D eigenvalue weighted by Gasteiger charge is -2.10. The molecule has 0 atom stereocenters. The minimum Gasteiger partial charge on any atom is -0.256 e. The van der Waals surface area contributed by atoms with E-state index in [2.05, 4.69) is 27.6 Å². The summed E-state index contributed by atoms with van der Waals surface area (Å²) in [6.45, 7) is 2.02. The first-order valence-corrected chi connectivity index (χ1v) is 6.50. The fourth-order valence-electron chi connectivity index (χ4n) is 1.49. The van der Waals surface area contributed by atoms with E-state index in [4.69, 9.17) is 23.2 Å². The van der Waals surface area contributed by atoms with Crippen LogP contribution in [-0.2, 0) is 0 Å². The van der Waals surface area contributed by atoms with Gasteiger partial charge >= 0.3 is 0 Å². The van der Waals surface area contributed by atoms with Gasteiger partial charge in [-0.05, 0) is 53.3 Å². The molecular formula is C12H8Cl2IN. The van der Waals surface area contributed by atoms with Crippen molar-refractivity contribution in [3.63, 3.8) is 0 Å². The predicted molar refractivity (Wildman–Crippen MR) is 77.1 cm³/mol. The highest BCUT2D eigenvalue weighted by Crippen LogP contribution is 2.35.